The molecule has 0 amide bonds. The molecule has 0 saturated carbocycles. The minimum Gasteiger partial charge on any atom is -0.490 e. The SMILES string of the molecule is C#C/C=C\C(=C/C)CCc1ccc(C(=C)OC(COC(=C)c2ccccc2)COC(=O)c2ccc(CCC3=CCCC=C3)cc2)cc1. The minimum atomic E-state index is -0.608. The molecule has 3 aromatic carbocycles. The third kappa shape index (κ3) is 11.6. The first-order valence-electron chi connectivity index (χ1n) is 16.2. The summed E-state index contributed by atoms with van der Waals surface area (Å²) >= 11 is 0. The molecule has 4 heteroatoms. The first-order valence-corrected chi connectivity index (χ1v) is 16.2. The molecule has 0 radical (unpaired) electrons. The van der Waals surface area contributed by atoms with E-state index in [4.69, 9.17) is 20.6 Å². The zero-order chi connectivity index (χ0) is 33.3. The van der Waals surface area contributed by atoms with Gasteiger partial charge in [0, 0.05) is 11.1 Å². The highest BCUT2D eigenvalue weighted by Gasteiger charge is 2.18. The van der Waals surface area contributed by atoms with Crippen molar-refractivity contribution in [3.63, 3.8) is 0 Å². The molecule has 0 saturated heterocycles. The van der Waals surface area contributed by atoms with E-state index < -0.39 is 12.1 Å². The van der Waals surface area contributed by atoms with Crippen molar-refractivity contribution in [2.24, 2.45) is 0 Å². The second-order valence-corrected chi connectivity index (χ2v) is 11.4. The molecule has 4 rings (SSSR count). The molecule has 1 aliphatic rings. The molecular formula is C43H44O4. The lowest BCUT2D eigenvalue weighted by atomic mass is 9.99. The van der Waals surface area contributed by atoms with Gasteiger partial charge in [-0.3, -0.25) is 0 Å². The highest BCUT2D eigenvalue weighted by Crippen LogP contribution is 2.21. The lowest BCUT2D eigenvalue weighted by Crippen LogP contribution is -2.26. The molecule has 0 heterocycles. The summed E-state index contributed by atoms with van der Waals surface area (Å²) in [4.78, 5) is 13.0. The van der Waals surface area contributed by atoms with E-state index in [2.05, 4.69) is 55.5 Å². The number of hydrogen-bond donors (Lipinski definition) is 0. The lowest BCUT2D eigenvalue weighted by molar-refractivity contribution is 0.00945. The highest BCUT2D eigenvalue weighted by molar-refractivity contribution is 5.89. The number of esters is 1. The number of allylic oxidation sites excluding steroid dienone is 8. The van der Waals surface area contributed by atoms with Gasteiger partial charge in [0.1, 0.15) is 24.7 Å². The largest absolute Gasteiger partial charge is 0.490 e. The Balaban J connectivity index is 1.35. The number of aryl methyl sites for hydroxylation is 2. The average Bonchev–Trinajstić information content (AvgIpc) is 3.12. The van der Waals surface area contributed by atoms with Gasteiger partial charge in [-0.1, -0.05) is 127 Å². The highest BCUT2D eigenvalue weighted by atomic mass is 16.6. The predicted molar refractivity (Wildman–Crippen MR) is 193 cm³/mol. The molecule has 0 spiro atoms. The number of rotatable bonds is 17. The van der Waals surface area contributed by atoms with E-state index in [-0.39, 0.29) is 13.2 Å². The molecule has 1 unspecified atom stereocenters. The van der Waals surface area contributed by atoms with Crippen LogP contribution >= 0.6 is 0 Å². The van der Waals surface area contributed by atoms with Crippen LogP contribution in [0.5, 0.6) is 0 Å². The van der Waals surface area contributed by atoms with E-state index in [1.165, 1.54) is 22.3 Å². The monoisotopic (exact) mass is 624 g/mol. The van der Waals surface area contributed by atoms with E-state index in [0.717, 1.165) is 49.7 Å². The third-order valence-electron chi connectivity index (χ3n) is 7.95. The first-order chi connectivity index (χ1) is 22.9. The van der Waals surface area contributed by atoms with Crippen LogP contribution in [0.25, 0.3) is 11.5 Å². The Bertz CT molecular complexity index is 1650. The molecule has 0 aliphatic heterocycles. The van der Waals surface area contributed by atoms with Crippen molar-refractivity contribution in [1.29, 1.82) is 0 Å². The van der Waals surface area contributed by atoms with E-state index in [1.54, 1.807) is 6.08 Å². The Morgan fingerprint density at radius 3 is 2.15 bits per heavy atom. The number of carbonyl (C=O) groups is 1. The molecule has 47 heavy (non-hydrogen) atoms. The van der Waals surface area contributed by atoms with Crippen molar-refractivity contribution in [3.05, 3.63) is 167 Å². The van der Waals surface area contributed by atoms with Crippen LogP contribution in [0, 0.1) is 12.3 Å². The van der Waals surface area contributed by atoms with Crippen molar-refractivity contribution in [3.8, 4) is 12.3 Å². The molecule has 0 N–H and O–H groups in total. The Kier molecular flexibility index (Phi) is 13.7. The molecule has 0 fully saturated rings. The van der Waals surface area contributed by atoms with Crippen LogP contribution in [0.3, 0.4) is 0 Å². The van der Waals surface area contributed by atoms with Crippen molar-refractivity contribution in [2.45, 2.75) is 51.6 Å². The normalized spacial score (nSPS) is 13.4. The van der Waals surface area contributed by atoms with Crippen LogP contribution in [0.4, 0.5) is 0 Å². The Morgan fingerprint density at radius 1 is 0.830 bits per heavy atom. The van der Waals surface area contributed by atoms with Gasteiger partial charge in [0.15, 0.2) is 6.10 Å². The molecule has 240 valence electrons. The Labute approximate surface area is 280 Å². The van der Waals surface area contributed by atoms with E-state index in [9.17, 15) is 4.79 Å². The Hall–Kier alpha value is -5.27. The van der Waals surface area contributed by atoms with E-state index >= 15 is 0 Å². The fourth-order valence-corrected chi connectivity index (χ4v) is 5.11. The maximum Gasteiger partial charge on any atom is 0.338 e. The van der Waals surface area contributed by atoms with Crippen LogP contribution < -0.4 is 0 Å². The number of carbonyl (C=O) groups excluding carboxylic acids is 1. The molecule has 1 aliphatic carbocycles. The van der Waals surface area contributed by atoms with Crippen LogP contribution in [0.1, 0.15) is 65.2 Å². The second-order valence-electron chi connectivity index (χ2n) is 11.4. The van der Waals surface area contributed by atoms with Gasteiger partial charge < -0.3 is 14.2 Å². The standard InChI is InChI=1S/C43H44O4/c1-5-7-14-35(6-2)19-20-37-23-27-40(28-24-37)34(4)47-42(31-45-33(3)39-17-12-9-13-18-39)32-46-43(44)41-29-25-38(26-30-41)22-21-36-15-10-8-11-16-36/h1,6-7,9-10,12-18,23-30,42H,3-4,8,11,19-22,31-32H2,2H3/b14-7-,35-6+. The molecular weight excluding hydrogens is 580 g/mol. The summed E-state index contributed by atoms with van der Waals surface area (Å²) in [6.45, 7) is 10.3. The van der Waals surface area contributed by atoms with E-state index in [1.807, 2.05) is 79.7 Å². The summed E-state index contributed by atoms with van der Waals surface area (Å²) in [7, 11) is 0. The zero-order valence-electron chi connectivity index (χ0n) is 27.3. The van der Waals surface area contributed by atoms with Crippen molar-refractivity contribution < 1.29 is 19.0 Å². The summed E-state index contributed by atoms with van der Waals surface area (Å²) in [6.07, 6.45) is 23.1. The fraction of sp³-hybridized carbons (Fsp3) is 0.233. The molecule has 0 aromatic heterocycles. The lowest BCUT2D eigenvalue weighted by Gasteiger charge is -2.22. The molecule has 0 bridgehead atoms. The van der Waals surface area contributed by atoms with Gasteiger partial charge in [0.25, 0.3) is 0 Å². The Morgan fingerprint density at radius 2 is 1.49 bits per heavy atom. The minimum absolute atomic E-state index is 0.0163. The second kappa shape index (κ2) is 18.6. The van der Waals surface area contributed by atoms with Gasteiger partial charge in [-0.25, -0.2) is 4.79 Å². The average molecular weight is 625 g/mol. The van der Waals surface area contributed by atoms with Gasteiger partial charge in [0.2, 0.25) is 0 Å². The van der Waals surface area contributed by atoms with Gasteiger partial charge in [-0.05, 0) is 74.8 Å². The molecule has 1 atom stereocenters. The first kappa shape index (κ1) is 34.6. The smallest absolute Gasteiger partial charge is 0.338 e. The number of terminal acetylenes is 1. The van der Waals surface area contributed by atoms with Gasteiger partial charge in [-0.2, -0.15) is 0 Å². The zero-order valence-corrected chi connectivity index (χ0v) is 27.3. The van der Waals surface area contributed by atoms with Crippen molar-refractivity contribution in [1.82, 2.24) is 0 Å². The van der Waals surface area contributed by atoms with Crippen molar-refractivity contribution in [2.75, 3.05) is 13.2 Å². The summed E-state index contributed by atoms with van der Waals surface area (Å²) in [6, 6.07) is 25.4. The van der Waals surface area contributed by atoms with Gasteiger partial charge in [-0.15, -0.1) is 6.42 Å². The maximum atomic E-state index is 13.0. The van der Waals surface area contributed by atoms with Crippen LogP contribution in [0.2, 0.25) is 0 Å². The third-order valence-corrected chi connectivity index (χ3v) is 7.95. The summed E-state index contributed by atoms with van der Waals surface area (Å²) in [5.41, 5.74) is 7.12. The fourth-order valence-electron chi connectivity index (χ4n) is 5.11. The number of hydrogen-bond acceptors (Lipinski definition) is 4. The quantitative estimate of drug-likeness (QED) is 0.0649. The summed E-state index contributed by atoms with van der Waals surface area (Å²) < 4.78 is 17.9. The maximum absolute atomic E-state index is 13.0. The van der Waals surface area contributed by atoms with Crippen molar-refractivity contribution >= 4 is 17.5 Å². The number of ether oxygens (including phenoxy) is 3. The van der Waals surface area contributed by atoms with Gasteiger partial charge in [0.05, 0.1) is 5.56 Å². The van der Waals surface area contributed by atoms with Crippen LogP contribution in [-0.2, 0) is 27.1 Å². The molecule has 3 aromatic rings. The molecule has 4 nitrogen and oxygen atoms in total. The summed E-state index contributed by atoms with van der Waals surface area (Å²) in [5.74, 6) is 3.09. The van der Waals surface area contributed by atoms with Crippen LogP contribution in [0.15, 0.2) is 140 Å². The predicted octanol–water partition coefficient (Wildman–Crippen LogP) is 9.86. The summed E-state index contributed by atoms with van der Waals surface area (Å²) in [5, 5.41) is 0. The topological polar surface area (TPSA) is 44.8 Å². The van der Waals surface area contributed by atoms with Crippen LogP contribution in [-0.4, -0.2) is 25.3 Å². The van der Waals surface area contributed by atoms with Gasteiger partial charge >= 0.3 is 5.97 Å². The number of benzene rings is 3. The van der Waals surface area contributed by atoms with E-state index in [0.29, 0.717) is 17.1 Å².